The molecule has 0 spiro atoms. The standard InChI is InChI=1S/C17H10F3N5O3/c18-17(19,20)12-3-1-2-10(6-12)16-22-15(23-28-16)9-24-14-5-4-13(25(26)27)7-11(14)8-21-24/h1-8H,9H2. The van der Waals surface area contributed by atoms with E-state index in [0.717, 1.165) is 12.1 Å². The van der Waals surface area contributed by atoms with Crippen LogP contribution in [0.4, 0.5) is 18.9 Å². The predicted octanol–water partition coefficient (Wildman–Crippen LogP) is 4.06. The fourth-order valence-corrected chi connectivity index (χ4v) is 2.71. The number of nitro groups is 1. The fraction of sp³-hybridized carbons (Fsp3) is 0.118. The molecule has 28 heavy (non-hydrogen) atoms. The summed E-state index contributed by atoms with van der Waals surface area (Å²) in [6, 6.07) is 8.88. The monoisotopic (exact) mass is 389 g/mol. The average Bonchev–Trinajstić information content (AvgIpc) is 3.28. The molecule has 2 aromatic heterocycles. The van der Waals surface area contributed by atoms with Crippen LogP contribution in [0.15, 0.2) is 53.2 Å². The number of benzene rings is 2. The lowest BCUT2D eigenvalue weighted by molar-refractivity contribution is -0.384. The Morgan fingerprint density at radius 2 is 2.00 bits per heavy atom. The molecule has 0 atom stereocenters. The highest BCUT2D eigenvalue weighted by molar-refractivity contribution is 5.81. The molecule has 4 rings (SSSR count). The average molecular weight is 389 g/mol. The Morgan fingerprint density at radius 3 is 2.75 bits per heavy atom. The summed E-state index contributed by atoms with van der Waals surface area (Å²) in [5.41, 5.74) is -0.103. The minimum Gasteiger partial charge on any atom is -0.334 e. The van der Waals surface area contributed by atoms with Crippen molar-refractivity contribution in [2.75, 3.05) is 0 Å². The number of hydrogen-bond acceptors (Lipinski definition) is 6. The molecule has 0 saturated heterocycles. The van der Waals surface area contributed by atoms with E-state index in [4.69, 9.17) is 4.52 Å². The van der Waals surface area contributed by atoms with Crippen molar-refractivity contribution < 1.29 is 22.6 Å². The number of halogens is 3. The van der Waals surface area contributed by atoms with Gasteiger partial charge in [-0.3, -0.25) is 14.8 Å². The van der Waals surface area contributed by atoms with Crippen LogP contribution in [-0.2, 0) is 12.7 Å². The van der Waals surface area contributed by atoms with Gasteiger partial charge in [-0.2, -0.15) is 23.3 Å². The quantitative estimate of drug-likeness (QED) is 0.385. The molecule has 2 heterocycles. The summed E-state index contributed by atoms with van der Waals surface area (Å²) < 4.78 is 45.1. The zero-order valence-corrected chi connectivity index (χ0v) is 13.9. The lowest BCUT2D eigenvalue weighted by Gasteiger charge is -2.06. The first kappa shape index (κ1) is 17.6. The molecule has 2 aromatic carbocycles. The Kier molecular flexibility index (Phi) is 4.06. The Hall–Kier alpha value is -3.76. The number of nitro benzene ring substituents is 1. The molecule has 0 aliphatic rings. The number of rotatable bonds is 4. The van der Waals surface area contributed by atoms with Crippen molar-refractivity contribution in [3.63, 3.8) is 0 Å². The minimum atomic E-state index is -4.48. The zero-order valence-electron chi connectivity index (χ0n) is 13.9. The van der Waals surface area contributed by atoms with E-state index in [1.807, 2.05) is 0 Å². The lowest BCUT2D eigenvalue weighted by Crippen LogP contribution is -2.04. The summed E-state index contributed by atoms with van der Waals surface area (Å²) in [4.78, 5) is 14.5. The van der Waals surface area contributed by atoms with E-state index in [-0.39, 0.29) is 29.5 Å². The van der Waals surface area contributed by atoms with Crippen LogP contribution in [0.1, 0.15) is 11.4 Å². The number of hydrogen-bond donors (Lipinski definition) is 0. The maximum Gasteiger partial charge on any atom is 0.416 e. The molecule has 0 aliphatic heterocycles. The Bertz CT molecular complexity index is 1180. The van der Waals surface area contributed by atoms with Crippen molar-refractivity contribution in [3.8, 4) is 11.5 Å². The third-order valence-corrected chi connectivity index (χ3v) is 4.03. The molecular weight excluding hydrogens is 379 g/mol. The highest BCUT2D eigenvalue weighted by atomic mass is 19.4. The predicted molar refractivity (Wildman–Crippen MR) is 90.2 cm³/mol. The highest BCUT2D eigenvalue weighted by Gasteiger charge is 2.30. The third kappa shape index (κ3) is 3.29. The van der Waals surface area contributed by atoms with Gasteiger partial charge in [-0.1, -0.05) is 11.2 Å². The number of aromatic nitrogens is 4. The summed E-state index contributed by atoms with van der Waals surface area (Å²) in [5, 5.41) is 19.3. The van der Waals surface area contributed by atoms with Crippen LogP contribution >= 0.6 is 0 Å². The van der Waals surface area contributed by atoms with Gasteiger partial charge in [-0.15, -0.1) is 0 Å². The molecular formula is C17H10F3N5O3. The Labute approximate surface area is 154 Å². The van der Waals surface area contributed by atoms with E-state index in [2.05, 4.69) is 15.2 Å². The second-order valence-electron chi connectivity index (χ2n) is 5.90. The molecule has 0 radical (unpaired) electrons. The van der Waals surface area contributed by atoms with Gasteiger partial charge in [0.1, 0.15) is 6.54 Å². The van der Waals surface area contributed by atoms with Gasteiger partial charge in [0.25, 0.3) is 11.6 Å². The van der Waals surface area contributed by atoms with Gasteiger partial charge in [0, 0.05) is 23.1 Å². The van der Waals surface area contributed by atoms with Crippen LogP contribution in [0.5, 0.6) is 0 Å². The van der Waals surface area contributed by atoms with Gasteiger partial charge < -0.3 is 4.52 Å². The molecule has 0 bridgehead atoms. The van der Waals surface area contributed by atoms with Gasteiger partial charge in [-0.05, 0) is 24.3 Å². The summed E-state index contributed by atoms with van der Waals surface area (Å²) in [5.74, 6) is 0.156. The van der Waals surface area contributed by atoms with Crippen LogP contribution in [0.3, 0.4) is 0 Å². The normalized spacial score (nSPS) is 11.8. The van der Waals surface area contributed by atoms with E-state index in [1.54, 1.807) is 6.07 Å². The van der Waals surface area contributed by atoms with E-state index in [1.165, 1.54) is 35.1 Å². The van der Waals surface area contributed by atoms with Gasteiger partial charge in [0.05, 0.1) is 22.2 Å². The van der Waals surface area contributed by atoms with E-state index in [0.29, 0.717) is 10.9 Å². The minimum absolute atomic E-state index is 0.0480. The van der Waals surface area contributed by atoms with E-state index >= 15 is 0 Å². The summed E-state index contributed by atoms with van der Waals surface area (Å²) in [6.45, 7) is 0.0871. The van der Waals surface area contributed by atoms with Gasteiger partial charge >= 0.3 is 6.18 Å². The summed E-state index contributed by atoms with van der Waals surface area (Å²) >= 11 is 0. The van der Waals surface area contributed by atoms with Crippen LogP contribution in [0.25, 0.3) is 22.4 Å². The second-order valence-corrected chi connectivity index (χ2v) is 5.90. The molecule has 0 N–H and O–H groups in total. The molecule has 0 amide bonds. The number of non-ortho nitro benzene ring substituents is 1. The first-order valence-electron chi connectivity index (χ1n) is 7.91. The molecule has 0 fully saturated rings. The third-order valence-electron chi connectivity index (χ3n) is 4.03. The molecule has 11 heteroatoms. The fourth-order valence-electron chi connectivity index (χ4n) is 2.71. The van der Waals surface area contributed by atoms with Crippen molar-refractivity contribution in [2.24, 2.45) is 0 Å². The molecule has 0 unspecified atom stereocenters. The summed E-state index contributed by atoms with van der Waals surface area (Å²) in [7, 11) is 0. The lowest BCUT2D eigenvalue weighted by atomic mass is 10.1. The first-order valence-corrected chi connectivity index (χ1v) is 7.91. The SMILES string of the molecule is O=[N+]([O-])c1ccc2c(cnn2Cc2noc(-c3cccc(C(F)(F)F)c3)n2)c1. The van der Waals surface area contributed by atoms with Crippen LogP contribution in [-0.4, -0.2) is 24.8 Å². The molecule has 0 saturated carbocycles. The highest BCUT2D eigenvalue weighted by Crippen LogP contribution is 2.31. The van der Waals surface area contributed by atoms with Crippen molar-refractivity contribution >= 4 is 16.6 Å². The molecule has 8 nitrogen and oxygen atoms in total. The van der Waals surface area contributed by atoms with Gasteiger partial charge in [-0.25, -0.2) is 0 Å². The van der Waals surface area contributed by atoms with Crippen molar-refractivity contribution in [1.82, 2.24) is 19.9 Å². The number of fused-ring (bicyclic) bond motifs is 1. The summed E-state index contributed by atoms with van der Waals surface area (Å²) in [6.07, 6.45) is -3.01. The maximum atomic E-state index is 12.8. The largest absolute Gasteiger partial charge is 0.416 e. The molecule has 142 valence electrons. The van der Waals surface area contributed by atoms with E-state index < -0.39 is 16.7 Å². The van der Waals surface area contributed by atoms with Crippen molar-refractivity contribution in [3.05, 3.63) is 70.2 Å². The zero-order chi connectivity index (χ0) is 19.9. The molecule has 0 aliphatic carbocycles. The Morgan fingerprint density at radius 1 is 1.18 bits per heavy atom. The maximum absolute atomic E-state index is 12.8. The van der Waals surface area contributed by atoms with Crippen molar-refractivity contribution in [2.45, 2.75) is 12.7 Å². The number of alkyl halides is 3. The van der Waals surface area contributed by atoms with Crippen LogP contribution in [0.2, 0.25) is 0 Å². The second kappa shape index (κ2) is 6.44. The van der Waals surface area contributed by atoms with Crippen LogP contribution < -0.4 is 0 Å². The smallest absolute Gasteiger partial charge is 0.334 e. The Balaban J connectivity index is 1.61. The number of nitrogens with zero attached hydrogens (tertiary/aromatic N) is 5. The van der Waals surface area contributed by atoms with Crippen molar-refractivity contribution in [1.29, 1.82) is 0 Å². The molecule has 4 aromatic rings. The van der Waals surface area contributed by atoms with Gasteiger partial charge in [0.2, 0.25) is 0 Å². The topological polar surface area (TPSA) is 99.9 Å². The van der Waals surface area contributed by atoms with Crippen LogP contribution in [0, 0.1) is 10.1 Å². The van der Waals surface area contributed by atoms with E-state index in [9.17, 15) is 23.3 Å². The van der Waals surface area contributed by atoms with Gasteiger partial charge in [0.15, 0.2) is 5.82 Å². The first-order chi connectivity index (χ1) is 13.3.